The normalized spacial score (nSPS) is 10.8. The lowest BCUT2D eigenvalue weighted by atomic mass is 10.1. The molecule has 19 heteroatoms. The molecule has 0 spiro atoms. The number of methoxy groups -OCH3 is 1. The van der Waals surface area contributed by atoms with Gasteiger partial charge in [-0.2, -0.15) is 4.98 Å². The van der Waals surface area contributed by atoms with Crippen molar-refractivity contribution in [3.05, 3.63) is 109 Å². The number of ether oxygens (including phenoxy) is 1. The maximum Gasteiger partial charge on any atom is 0.353 e. The SMILES string of the molecule is C.COC(=O)c1ccc([C@H](N)C(N)=O)cc1.Cl.Nc1c(Nc2cc(CNC(=O)c3cc(C(=O)O)n4cc(O)nc4n3)ccc2F)c(=O)c1=O. The number of aromatic hydroxyl groups is 1. The van der Waals surface area contributed by atoms with Crippen LogP contribution >= 0.6 is 12.4 Å². The second-order valence-corrected chi connectivity index (χ2v) is 9.66. The minimum absolute atomic E-state index is 0. The van der Waals surface area contributed by atoms with Crippen LogP contribution in [0.1, 0.15) is 55.9 Å². The van der Waals surface area contributed by atoms with Crippen molar-refractivity contribution in [3.8, 4) is 5.88 Å². The van der Waals surface area contributed by atoms with E-state index < -0.39 is 52.3 Å². The van der Waals surface area contributed by atoms with E-state index in [2.05, 4.69) is 25.3 Å². The molecule has 0 unspecified atom stereocenters. The molecule has 3 aromatic carbocycles. The number of hydrogen-bond acceptors (Lipinski definition) is 13. The Bertz CT molecular complexity index is 2110. The van der Waals surface area contributed by atoms with Crippen molar-refractivity contribution in [2.24, 2.45) is 11.5 Å². The quantitative estimate of drug-likeness (QED) is 0.0839. The highest BCUT2D eigenvalue weighted by Gasteiger charge is 2.20. The number of aromatic carboxylic acids is 1. The number of anilines is 3. The van der Waals surface area contributed by atoms with Crippen LogP contribution in [0.2, 0.25) is 0 Å². The average Bonchev–Trinajstić information content (AvgIpc) is 3.45. The smallest absolute Gasteiger partial charge is 0.353 e. The molecule has 49 heavy (non-hydrogen) atoms. The minimum Gasteiger partial charge on any atom is -0.492 e. The number of fused-ring (bicyclic) bond motifs is 1. The van der Waals surface area contributed by atoms with Crippen LogP contribution in [0.3, 0.4) is 0 Å². The van der Waals surface area contributed by atoms with E-state index in [-0.39, 0.29) is 60.6 Å². The third kappa shape index (κ3) is 8.50. The molecule has 5 aromatic rings. The molecule has 0 saturated carbocycles. The van der Waals surface area contributed by atoms with Crippen molar-refractivity contribution >= 4 is 59.0 Å². The maximum absolute atomic E-state index is 14.1. The number of benzene rings is 2. The Balaban J connectivity index is 0.000000417. The Morgan fingerprint density at radius 3 is 2.27 bits per heavy atom. The first-order chi connectivity index (χ1) is 22.2. The van der Waals surface area contributed by atoms with Gasteiger partial charge in [0.1, 0.15) is 34.6 Å². The van der Waals surface area contributed by atoms with E-state index in [9.17, 15) is 43.4 Å². The molecule has 0 aliphatic rings. The van der Waals surface area contributed by atoms with E-state index >= 15 is 0 Å². The molecular weight excluding hydrogens is 671 g/mol. The number of nitrogen functional groups attached to an aromatic ring is 1. The first-order valence-electron chi connectivity index (χ1n) is 13.2. The summed E-state index contributed by atoms with van der Waals surface area (Å²) >= 11 is 0. The lowest BCUT2D eigenvalue weighted by Gasteiger charge is -2.12. The summed E-state index contributed by atoms with van der Waals surface area (Å²) in [7, 11) is 1.30. The van der Waals surface area contributed by atoms with Gasteiger partial charge in [0.2, 0.25) is 17.6 Å². The van der Waals surface area contributed by atoms with E-state index in [1.807, 2.05) is 0 Å². The molecule has 0 saturated heterocycles. The largest absolute Gasteiger partial charge is 0.492 e. The summed E-state index contributed by atoms with van der Waals surface area (Å²) in [5.74, 6) is -4.53. The zero-order chi connectivity index (χ0) is 34.6. The lowest BCUT2D eigenvalue weighted by molar-refractivity contribution is -0.119. The number of amides is 2. The number of carbonyl (C=O) groups is 4. The van der Waals surface area contributed by atoms with Crippen molar-refractivity contribution in [1.82, 2.24) is 19.7 Å². The Morgan fingerprint density at radius 1 is 1.04 bits per heavy atom. The van der Waals surface area contributed by atoms with Gasteiger partial charge in [0.15, 0.2) is 0 Å². The number of primary amides is 1. The number of carbonyl (C=O) groups excluding carboxylic acids is 3. The highest BCUT2D eigenvalue weighted by atomic mass is 35.5. The number of hydrogen-bond donors (Lipinski definition) is 7. The number of nitrogens with two attached hydrogens (primary N) is 3. The number of carboxylic acid groups (broad SMARTS) is 1. The zero-order valence-corrected chi connectivity index (χ0v) is 25.4. The van der Waals surface area contributed by atoms with Crippen molar-refractivity contribution in [1.29, 1.82) is 0 Å². The predicted octanol–water partition coefficient (Wildman–Crippen LogP) is 1.14. The molecule has 258 valence electrons. The maximum atomic E-state index is 14.1. The van der Waals surface area contributed by atoms with Crippen LogP contribution in [-0.2, 0) is 16.1 Å². The molecule has 5 rings (SSSR count). The highest BCUT2D eigenvalue weighted by molar-refractivity contribution is 5.96. The monoisotopic (exact) mass is 700 g/mol. The molecule has 1 atom stereocenters. The summed E-state index contributed by atoms with van der Waals surface area (Å²) in [6.45, 7) is -0.107. The molecule has 0 aliphatic heterocycles. The van der Waals surface area contributed by atoms with E-state index in [0.29, 0.717) is 16.7 Å². The van der Waals surface area contributed by atoms with Gasteiger partial charge in [-0.3, -0.25) is 23.6 Å². The molecule has 2 heterocycles. The average molecular weight is 701 g/mol. The fraction of sp³-hybridized carbons (Fsp3) is 0.133. The summed E-state index contributed by atoms with van der Waals surface area (Å²) in [5.41, 5.74) is 14.4. The Kier molecular flexibility index (Phi) is 12.6. The fourth-order valence-corrected chi connectivity index (χ4v) is 4.06. The van der Waals surface area contributed by atoms with Gasteiger partial charge in [-0.05, 0) is 35.4 Å². The van der Waals surface area contributed by atoms with Crippen molar-refractivity contribution in [2.75, 3.05) is 18.2 Å². The highest BCUT2D eigenvalue weighted by Crippen LogP contribution is 2.23. The number of imidazole rings is 1. The molecule has 2 aromatic heterocycles. The van der Waals surface area contributed by atoms with Gasteiger partial charge < -0.3 is 42.8 Å². The Hall–Kier alpha value is -6.40. The van der Waals surface area contributed by atoms with E-state index in [1.165, 1.54) is 31.4 Å². The predicted molar refractivity (Wildman–Crippen MR) is 176 cm³/mol. The third-order valence-electron chi connectivity index (χ3n) is 6.57. The topological polar surface area (TPSA) is 284 Å². The molecule has 0 fully saturated rings. The number of nitrogens with zero attached hydrogens (tertiary/aromatic N) is 3. The Labute approximate surface area is 281 Å². The molecule has 10 N–H and O–H groups in total. The number of halogens is 2. The van der Waals surface area contributed by atoms with Crippen LogP contribution in [0.25, 0.3) is 5.78 Å². The molecule has 0 aliphatic carbocycles. The first kappa shape index (κ1) is 38.8. The molecule has 0 bridgehead atoms. The molecule has 17 nitrogen and oxygen atoms in total. The summed E-state index contributed by atoms with van der Waals surface area (Å²) in [6.07, 6.45) is 1.04. The van der Waals surface area contributed by atoms with Gasteiger partial charge in [0.25, 0.3) is 16.8 Å². The summed E-state index contributed by atoms with van der Waals surface area (Å²) in [5, 5.41) is 23.8. The van der Waals surface area contributed by atoms with Gasteiger partial charge >= 0.3 is 11.9 Å². The number of nitrogens with one attached hydrogen (secondary N) is 2. The second kappa shape index (κ2) is 15.9. The number of rotatable bonds is 9. The van der Waals surface area contributed by atoms with Crippen molar-refractivity contribution in [3.63, 3.8) is 0 Å². The van der Waals surface area contributed by atoms with Crippen molar-refractivity contribution in [2.45, 2.75) is 20.0 Å². The Morgan fingerprint density at radius 2 is 1.69 bits per heavy atom. The summed E-state index contributed by atoms with van der Waals surface area (Å²) < 4.78 is 19.6. The summed E-state index contributed by atoms with van der Waals surface area (Å²) in [4.78, 5) is 76.1. The van der Waals surface area contributed by atoms with Gasteiger partial charge in [-0.15, -0.1) is 12.4 Å². The van der Waals surface area contributed by atoms with E-state index in [0.717, 1.165) is 22.7 Å². The van der Waals surface area contributed by atoms with Gasteiger partial charge in [0.05, 0.1) is 24.6 Å². The number of aromatic nitrogens is 3. The fourth-order valence-electron chi connectivity index (χ4n) is 4.06. The third-order valence-corrected chi connectivity index (χ3v) is 6.57. The lowest BCUT2D eigenvalue weighted by Crippen LogP contribution is -2.36. The molecule has 0 radical (unpaired) electrons. The van der Waals surface area contributed by atoms with Crippen LogP contribution in [0.4, 0.5) is 21.5 Å². The molecular formula is C30H30ClFN8O9. The van der Waals surface area contributed by atoms with Crippen LogP contribution in [0.5, 0.6) is 5.88 Å². The number of esters is 1. The van der Waals surface area contributed by atoms with Gasteiger partial charge in [-0.1, -0.05) is 25.6 Å². The van der Waals surface area contributed by atoms with Crippen LogP contribution in [-0.4, -0.2) is 55.4 Å². The number of carboxylic acids is 1. The first-order valence-corrected chi connectivity index (χ1v) is 13.2. The van der Waals surface area contributed by atoms with Crippen molar-refractivity contribution < 1.29 is 38.5 Å². The van der Waals surface area contributed by atoms with E-state index in [1.54, 1.807) is 12.1 Å². The minimum atomic E-state index is -1.37. The standard InChI is InChI=1S/C19H13FN6O6.C10H12N2O3.CH4.ClH/c20-8-2-1-7(3-9(8)23-14-13(21)15(28)16(14)29)5-22-17(30)10-4-11(18(31)32)26-6-12(27)25-19(26)24-10;1-15-10(14)7-4-2-6(3-5-7)8(11)9(12)13;;/h1-4,6,23,27H,5,21H2,(H,22,30)(H,31,32);2-5,8H,11H2,1H3,(H2,12,13);1H4;1H/t;8-;;/m.0../s1. The van der Waals surface area contributed by atoms with Gasteiger partial charge in [-0.25, -0.2) is 19.0 Å². The second-order valence-electron chi connectivity index (χ2n) is 9.66. The van der Waals surface area contributed by atoms with Crippen LogP contribution < -0.4 is 38.7 Å². The summed E-state index contributed by atoms with van der Waals surface area (Å²) in [6, 6.07) is 10.1. The van der Waals surface area contributed by atoms with Crippen LogP contribution in [0, 0.1) is 5.82 Å². The zero-order valence-electron chi connectivity index (χ0n) is 24.6. The van der Waals surface area contributed by atoms with Gasteiger partial charge in [0, 0.05) is 12.6 Å². The molecule has 2 amide bonds. The van der Waals surface area contributed by atoms with E-state index in [4.69, 9.17) is 17.2 Å². The van der Waals surface area contributed by atoms with Crippen LogP contribution in [0.15, 0.2) is 64.3 Å².